The second-order valence-corrected chi connectivity index (χ2v) is 6.23. The molecule has 0 aliphatic rings. The SMILES string of the molecule is COCCCCNC(=O)c1cc(N[C@@H](C)C(C)C)ccc1Cl. The van der Waals surface area contributed by atoms with Crippen molar-refractivity contribution in [2.75, 3.05) is 25.6 Å². The average molecular weight is 327 g/mol. The predicted molar refractivity (Wildman–Crippen MR) is 92.8 cm³/mol. The van der Waals surface area contributed by atoms with Gasteiger partial charge in [0.25, 0.3) is 5.91 Å². The first-order chi connectivity index (χ1) is 10.5. The van der Waals surface area contributed by atoms with Crippen LogP contribution in [-0.4, -0.2) is 32.2 Å². The molecular formula is C17H27ClN2O2. The van der Waals surface area contributed by atoms with Crippen molar-refractivity contribution in [3.8, 4) is 0 Å². The van der Waals surface area contributed by atoms with E-state index in [4.69, 9.17) is 16.3 Å². The van der Waals surface area contributed by atoms with E-state index in [1.165, 1.54) is 0 Å². The summed E-state index contributed by atoms with van der Waals surface area (Å²) in [5, 5.41) is 6.76. The van der Waals surface area contributed by atoms with E-state index in [0.717, 1.165) is 18.5 Å². The molecular weight excluding hydrogens is 300 g/mol. The second-order valence-electron chi connectivity index (χ2n) is 5.83. The molecule has 4 nitrogen and oxygen atoms in total. The van der Waals surface area contributed by atoms with Crippen molar-refractivity contribution in [3.05, 3.63) is 28.8 Å². The number of hydrogen-bond donors (Lipinski definition) is 2. The van der Waals surface area contributed by atoms with Gasteiger partial charge in [0.1, 0.15) is 0 Å². The maximum atomic E-state index is 12.2. The zero-order valence-corrected chi connectivity index (χ0v) is 14.7. The van der Waals surface area contributed by atoms with Gasteiger partial charge in [-0.25, -0.2) is 0 Å². The Bertz CT molecular complexity index is 478. The Kier molecular flexibility index (Phi) is 8.28. The fourth-order valence-electron chi connectivity index (χ4n) is 1.89. The number of rotatable bonds is 9. The zero-order valence-electron chi connectivity index (χ0n) is 13.9. The number of amides is 1. The van der Waals surface area contributed by atoms with Crippen LogP contribution in [0, 0.1) is 5.92 Å². The highest BCUT2D eigenvalue weighted by atomic mass is 35.5. The number of hydrogen-bond acceptors (Lipinski definition) is 3. The van der Waals surface area contributed by atoms with Crippen LogP contribution >= 0.6 is 11.6 Å². The fraction of sp³-hybridized carbons (Fsp3) is 0.588. The van der Waals surface area contributed by atoms with Crippen LogP contribution in [0.2, 0.25) is 5.02 Å². The number of halogens is 1. The van der Waals surface area contributed by atoms with Crippen molar-refractivity contribution in [3.63, 3.8) is 0 Å². The van der Waals surface area contributed by atoms with Crippen LogP contribution in [-0.2, 0) is 4.74 Å². The van der Waals surface area contributed by atoms with Crippen LogP contribution < -0.4 is 10.6 Å². The zero-order chi connectivity index (χ0) is 16.5. The molecule has 0 saturated carbocycles. The highest BCUT2D eigenvalue weighted by Gasteiger charge is 2.12. The summed E-state index contributed by atoms with van der Waals surface area (Å²) in [7, 11) is 1.68. The maximum absolute atomic E-state index is 12.2. The number of carbonyl (C=O) groups is 1. The van der Waals surface area contributed by atoms with Crippen molar-refractivity contribution >= 4 is 23.2 Å². The minimum atomic E-state index is -0.136. The van der Waals surface area contributed by atoms with E-state index in [2.05, 4.69) is 31.4 Å². The summed E-state index contributed by atoms with van der Waals surface area (Å²) >= 11 is 6.14. The quantitative estimate of drug-likeness (QED) is 0.675. The third-order valence-electron chi connectivity index (χ3n) is 3.67. The molecule has 0 aromatic heterocycles. The molecule has 22 heavy (non-hydrogen) atoms. The molecule has 0 radical (unpaired) electrons. The normalized spacial score (nSPS) is 12.3. The molecule has 1 aromatic rings. The Morgan fingerprint density at radius 2 is 2.00 bits per heavy atom. The van der Waals surface area contributed by atoms with Crippen molar-refractivity contribution in [1.82, 2.24) is 5.32 Å². The molecule has 2 N–H and O–H groups in total. The van der Waals surface area contributed by atoms with Gasteiger partial charge in [-0.15, -0.1) is 0 Å². The summed E-state index contributed by atoms with van der Waals surface area (Å²) in [4.78, 5) is 12.2. The van der Waals surface area contributed by atoms with Crippen LogP contribution in [0.5, 0.6) is 0 Å². The first-order valence-corrected chi connectivity index (χ1v) is 8.16. The highest BCUT2D eigenvalue weighted by molar-refractivity contribution is 6.34. The lowest BCUT2D eigenvalue weighted by Gasteiger charge is -2.19. The van der Waals surface area contributed by atoms with Gasteiger partial charge < -0.3 is 15.4 Å². The summed E-state index contributed by atoms with van der Waals surface area (Å²) in [5.74, 6) is 0.372. The number of methoxy groups -OCH3 is 1. The molecule has 0 bridgehead atoms. The van der Waals surface area contributed by atoms with Gasteiger partial charge in [0.15, 0.2) is 0 Å². The summed E-state index contributed by atoms with van der Waals surface area (Å²) in [5.41, 5.74) is 1.42. The minimum absolute atomic E-state index is 0.136. The standard InChI is InChI=1S/C17H27ClN2O2/c1-12(2)13(3)20-14-7-8-16(18)15(11-14)17(21)19-9-5-6-10-22-4/h7-8,11-13,20H,5-6,9-10H2,1-4H3,(H,19,21)/t13-/m0/s1. The molecule has 124 valence electrons. The number of nitrogens with one attached hydrogen (secondary N) is 2. The van der Waals surface area contributed by atoms with Crippen LogP contribution in [0.4, 0.5) is 5.69 Å². The first-order valence-electron chi connectivity index (χ1n) is 7.79. The summed E-state index contributed by atoms with van der Waals surface area (Å²) in [6.07, 6.45) is 1.82. The first kappa shape index (κ1) is 18.8. The number of unbranched alkanes of at least 4 members (excludes halogenated alkanes) is 1. The van der Waals surface area contributed by atoms with E-state index in [-0.39, 0.29) is 5.91 Å². The highest BCUT2D eigenvalue weighted by Crippen LogP contribution is 2.22. The predicted octanol–water partition coefficient (Wildman–Crippen LogP) is 3.95. The van der Waals surface area contributed by atoms with Gasteiger partial charge in [-0.3, -0.25) is 4.79 Å². The van der Waals surface area contributed by atoms with E-state index >= 15 is 0 Å². The van der Waals surface area contributed by atoms with E-state index in [1.54, 1.807) is 13.2 Å². The Morgan fingerprint density at radius 1 is 1.27 bits per heavy atom. The smallest absolute Gasteiger partial charge is 0.252 e. The third kappa shape index (κ3) is 6.24. The molecule has 0 fully saturated rings. The monoisotopic (exact) mass is 326 g/mol. The minimum Gasteiger partial charge on any atom is -0.385 e. The lowest BCUT2D eigenvalue weighted by Crippen LogP contribution is -2.25. The average Bonchev–Trinajstić information content (AvgIpc) is 2.48. The Labute approximate surface area is 138 Å². The van der Waals surface area contributed by atoms with E-state index in [1.807, 2.05) is 12.1 Å². The molecule has 1 aromatic carbocycles. The number of anilines is 1. The van der Waals surface area contributed by atoms with Crippen molar-refractivity contribution in [2.24, 2.45) is 5.92 Å². The lowest BCUT2D eigenvalue weighted by molar-refractivity contribution is 0.0951. The van der Waals surface area contributed by atoms with Gasteiger partial charge in [-0.05, 0) is 43.9 Å². The summed E-state index contributed by atoms with van der Waals surface area (Å²) in [6.45, 7) is 7.76. The molecule has 0 aliphatic carbocycles. The van der Waals surface area contributed by atoms with Crippen molar-refractivity contribution < 1.29 is 9.53 Å². The molecule has 5 heteroatoms. The third-order valence-corrected chi connectivity index (χ3v) is 4.00. The molecule has 1 amide bonds. The molecule has 0 unspecified atom stereocenters. The number of benzene rings is 1. The Morgan fingerprint density at radius 3 is 2.64 bits per heavy atom. The van der Waals surface area contributed by atoms with Crippen molar-refractivity contribution in [2.45, 2.75) is 39.7 Å². The van der Waals surface area contributed by atoms with Crippen LogP contribution in [0.25, 0.3) is 0 Å². The number of carbonyl (C=O) groups excluding carboxylic acids is 1. The van der Waals surface area contributed by atoms with Crippen LogP contribution in [0.1, 0.15) is 44.0 Å². The molecule has 0 spiro atoms. The molecule has 0 heterocycles. The van der Waals surface area contributed by atoms with Gasteiger partial charge in [0.2, 0.25) is 0 Å². The Balaban J connectivity index is 2.62. The number of ether oxygens (including phenoxy) is 1. The molecule has 0 aliphatic heterocycles. The largest absolute Gasteiger partial charge is 0.385 e. The van der Waals surface area contributed by atoms with Gasteiger partial charge >= 0.3 is 0 Å². The van der Waals surface area contributed by atoms with E-state index < -0.39 is 0 Å². The van der Waals surface area contributed by atoms with E-state index in [0.29, 0.717) is 35.7 Å². The van der Waals surface area contributed by atoms with E-state index in [9.17, 15) is 4.79 Å². The fourth-order valence-corrected chi connectivity index (χ4v) is 2.09. The summed E-state index contributed by atoms with van der Waals surface area (Å²) < 4.78 is 4.98. The van der Waals surface area contributed by atoms with Crippen LogP contribution in [0.3, 0.4) is 0 Å². The summed E-state index contributed by atoms with van der Waals surface area (Å²) in [6, 6.07) is 5.80. The Hall–Kier alpha value is -1.26. The van der Waals surface area contributed by atoms with Gasteiger partial charge in [0, 0.05) is 32.0 Å². The molecule has 1 atom stereocenters. The van der Waals surface area contributed by atoms with Crippen molar-refractivity contribution in [1.29, 1.82) is 0 Å². The van der Waals surface area contributed by atoms with Crippen LogP contribution in [0.15, 0.2) is 18.2 Å². The topological polar surface area (TPSA) is 50.4 Å². The van der Waals surface area contributed by atoms with Gasteiger partial charge in [-0.1, -0.05) is 25.4 Å². The molecule has 1 rings (SSSR count). The molecule has 0 saturated heterocycles. The van der Waals surface area contributed by atoms with Gasteiger partial charge in [-0.2, -0.15) is 0 Å². The maximum Gasteiger partial charge on any atom is 0.252 e. The van der Waals surface area contributed by atoms with Gasteiger partial charge in [0.05, 0.1) is 10.6 Å². The second kappa shape index (κ2) is 9.70. The lowest BCUT2D eigenvalue weighted by atomic mass is 10.1.